The molecule has 2 aromatic carbocycles. The largest absolute Gasteiger partial charge is 0.313 e. The lowest BCUT2D eigenvalue weighted by Gasteiger charge is -2.24. The van der Waals surface area contributed by atoms with Crippen molar-refractivity contribution in [2.75, 3.05) is 16.8 Å². The molecule has 6 heteroatoms. The van der Waals surface area contributed by atoms with Crippen LogP contribution in [0.3, 0.4) is 0 Å². The zero-order chi connectivity index (χ0) is 15.9. The van der Waals surface area contributed by atoms with Gasteiger partial charge in [-0.15, -0.1) is 0 Å². The van der Waals surface area contributed by atoms with Gasteiger partial charge in [-0.05, 0) is 42.5 Å². The molecule has 0 radical (unpaired) electrons. The van der Waals surface area contributed by atoms with E-state index in [1.54, 1.807) is 25.2 Å². The van der Waals surface area contributed by atoms with Gasteiger partial charge in [0.1, 0.15) is 12.2 Å². The van der Waals surface area contributed by atoms with Crippen LogP contribution in [-0.4, -0.2) is 18.9 Å². The van der Waals surface area contributed by atoms with E-state index in [0.29, 0.717) is 22.1 Å². The number of hydrogen-bond donors (Lipinski definition) is 0. The average molecular weight is 319 g/mol. The fraction of sp³-hybridized carbons (Fsp3) is 0.125. The molecule has 0 saturated carbocycles. The third-order valence-corrected chi connectivity index (χ3v) is 3.79. The van der Waals surface area contributed by atoms with Gasteiger partial charge in [0.05, 0.1) is 11.4 Å². The van der Waals surface area contributed by atoms with Gasteiger partial charge < -0.3 is 4.90 Å². The summed E-state index contributed by atoms with van der Waals surface area (Å²) in [4.78, 5) is 27.4. The minimum Gasteiger partial charge on any atom is -0.313 e. The Kier molecular flexibility index (Phi) is 3.58. The van der Waals surface area contributed by atoms with Crippen molar-refractivity contribution in [1.82, 2.24) is 0 Å². The molecule has 0 aliphatic carbocycles. The molecule has 1 heterocycles. The number of fused-ring (bicyclic) bond motifs is 1. The maximum absolute atomic E-state index is 13.1. The maximum atomic E-state index is 13.1. The number of rotatable bonds is 1. The zero-order valence-electron chi connectivity index (χ0n) is 11.7. The summed E-state index contributed by atoms with van der Waals surface area (Å²) in [6.07, 6.45) is -0.264. The molecular formula is C16H12ClFN2O2. The monoisotopic (exact) mass is 318 g/mol. The summed E-state index contributed by atoms with van der Waals surface area (Å²) in [5.74, 6) is -1.09. The van der Waals surface area contributed by atoms with E-state index in [0.717, 1.165) is 0 Å². The first-order valence-corrected chi connectivity index (χ1v) is 7.00. The first kappa shape index (κ1) is 14.5. The third kappa shape index (κ3) is 2.44. The molecule has 0 unspecified atom stereocenters. The number of anilines is 3. The first-order valence-electron chi connectivity index (χ1n) is 6.62. The molecule has 112 valence electrons. The molecule has 1 aliphatic rings. The molecular weight excluding hydrogens is 307 g/mol. The summed E-state index contributed by atoms with van der Waals surface area (Å²) in [5.41, 5.74) is 1.56. The molecule has 3 rings (SSSR count). The molecule has 2 aromatic rings. The molecule has 0 bridgehead atoms. The molecule has 4 nitrogen and oxygen atoms in total. The van der Waals surface area contributed by atoms with Gasteiger partial charge in [0.25, 0.3) is 0 Å². The van der Waals surface area contributed by atoms with E-state index >= 15 is 0 Å². The highest BCUT2D eigenvalue weighted by Crippen LogP contribution is 2.38. The van der Waals surface area contributed by atoms with Crippen molar-refractivity contribution in [2.45, 2.75) is 6.42 Å². The van der Waals surface area contributed by atoms with Crippen molar-refractivity contribution in [1.29, 1.82) is 0 Å². The number of benzene rings is 2. The smallest absolute Gasteiger partial charge is 0.241 e. The fourth-order valence-corrected chi connectivity index (χ4v) is 2.59. The highest BCUT2D eigenvalue weighted by molar-refractivity contribution is 6.31. The SMILES string of the molecule is CN1C(=O)CC(=O)N(c2ccc(F)cc2)c2cc(Cl)ccc21. The van der Waals surface area contributed by atoms with Crippen LogP contribution in [0.4, 0.5) is 21.5 Å². The van der Waals surface area contributed by atoms with Gasteiger partial charge in [-0.1, -0.05) is 11.6 Å². The summed E-state index contributed by atoms with van der Waals surface area (Å²) in [5, 5.41) is 0.446. The van der Waals surface area contributed by atoms with Crippen LogP contribution in [0.2, 0.25) is 5.02 Å². The number of halogens is 2. The van der Waals surface area contributed by atoms with Gasteiger partial charge in [-0.2, -0.15) is 0 Å². The van der Waals surface area contributed by atoms with Crippen molar-refractivity contribution in [3.05, 3.63) is 53.3 Å². The van der Waals surface area contributed by atoms with Crippen molar-refractivity contribution < 1.29 is 14.0 Å². The van der Waals surface area contributed by atoms with Gasteiger partial charge in [0.2, 0.25) is 11.8 Å². The van der Waals surface area contributed by atoms with Crippen molar-refractivity contribution >= 4 is 40.5 Å². The second kappa shape index (κ2) is 5.42. The van der Waals surface area contributed by atoms with Crippen LogP contribution in [0.5, 0.6) is 0 Å². The lowest BCUT2D eigenvalue weighted by atomic mass is 10.2. The quantitative estimate of drug-likeness (QED) is 0.755. The summed E-state index contributed by atoms with van der Waals surface area (Å²) in [6, 6.07) is 10.5. The van der Waals surface area contributed by atoms with Crippen LogP contribution in [0.1, 0.15) is 6.42 Å². The standard InChI is InChI=1S/C16H12ClFN2O2/c1-19-13-7-2-10(17)8-14(13)20(16(22)9-15(19)21)12-5-3-11(18)4-6-12/h2-8H,9H2,1H3. The van der Waals surface area contributed by atoms with Crippen molar-refractivity contribution in [3.8, 4) is 0 Å². The predicted molar refractivity (Wildman–Crippen MR) is 83.0 cm³/mol. The minimum absolute atomic E-state index is 0.264. The van der Waals surface area contributed by atoms with E-state index in [1.165, 1.54) is 34.1 Å². The molecule has 0 atom stereocenters. The van der Waals surface area contributed by atoms with E-state index in [4.69, 9.17) is 11.6 Å². The van der Waals surface area contributed by atoms with E-state index in [-0.39, 0.29) is 18.2 Å². The summed E-state index contributed by atoms with van der Waals surface area (Å²) in [6.45, 7) is 0. The molecule has 0 N–H and O–H groups in total. The Morgan fingerprint density at radius 2 is 1.68 bits per heavy atom. The highest BCUT2D eigenvalue weighted by Gasteiger charge is 2.30. The van der Waals surface area contributed by atoms with E-state index in [9.17, 15) is 14.0 Å². The molecule has 0 aromatic heterocycles. The molecule has 22 heavy (non-hydrogen) atoms. The Hall–Kier alpha value is -2.40. The van der Waals surface area contributed by atoms with E-state index in [1.807, 2.05) is 0 Å². The molecule has 1 aliphatic heterocycles. The minimum atomic E-state index is -0.398. The fourth-order valence-electron chi connectivity index (χ4n) is 2.43. The van der Waals surface area contributed by atoms with Crippen molar-refractivity contribution in [2.24, 2.45) is 0 Å². The second-order valence-corrected chi connectivity index (χ2v) is 5.40. The summed E-state index contributed by atoms with van der Waals surface area (Å²) in [7, 11) is 1.61. The van der Waals surface area contributed by atoms with Crippen LogP contribution < -0.4 is 9.80 Å². The number of hydrogen-bond acceptors (Lipinski definition) is 2. The lowest BCUT2D eigenvalue weighted by Crippen LogP contribution is -2.28. The van der Waals surface area contributed by atoms with Gasteiger partial charge in [0, 0.05) is 17.8 Å². The number of nitrogens with zero attached hydrogens (tertiary/aromatic N) is 2. The molecule has 0 saturated heterocycles. The number of carbonyl (C=O) groups excluding carboxylic acids is 2. The second-order valence-electron chi connectivity index (χ2n) is 4.97. The summed E-state index contributed by atoms with van der Waals surface area (Å²) < 4.78 is 13.1. The van der Waals surface area contributed by atoms with Crippen molar-refractivity contribution in [3.63, 3.8) is 0 Å². The van der Waals surface area contributed by atoms with Gasteiger partial charge in [0.15, 0.2) is 0 Å². The molecule has 2 amide bonds. The Labute approximate surface area is 131 Å². The number of amides is 2. The predicted octanol–water partition coefficient (Wildman–Crippen LogP) is 3.51. The Bertz CT molecular complexity index is 761. The maximum Gasteiger partial charge on any atom is 0.241 e. The number of carbonyl (C=O) groups is 2. The normalized spacial score (nSPS) is 14.9. The van der Waals surface area contributed by atoms with Gasteiger partial charge >= 0.3 is 0 Å². The Morgan fingerprint density at radius 3 is 2.36 bits per heavy atom. The van der Waals surface area contributed by atoms with Crippen LogP contribution in [0.15, 0.2) is 42.5 Å². The van der Waals surface area contributed by atoms with Crippen LogP contribution >= 0.6 is 11.6 Å². The molecule has 0 spiro atoms. The first-order chi connectivity index (χ1) is 10.5. The third-order valence-electron chi connectivity index (χ3n) is 3.55. The van der Waals surface area contributed by atoms with Crippen LogP contribution in [-0.2, 0) is 9.59 Å². The van der Waals surface area contributed by atoms with Crippen LogP contribution in [0.25, 0.3) is 0 Å². The summed E-state index contributed by atoms with van der Waals surface area (Å²) >= 11 is 6.04. The van der Waals surface area contributed by atoms with Gasteiger partial charge in [-0.25, -0.2) is 4.39 Å². The van der Waals surface area contributed by atoms with E-state index in [2.05, 4.69) is 0 Å². The average Bonchev–Trinajstić information content (AvgIpc) is 2.56. The topological polar surface area (TPSA) is 40.6 Å². The zero-order valence-corrected chi connectivity index (χ0v) is 12.5. The van der Waals surface area contributed by atoms with Gasteiger partial charge in [-0.3, -0.25) is 14.5 Å². The highest BCUT2D eigenvalue weighted by atomic mass is 35.5. The van der Waals surface area contributed by atoms with Crippen LogP contribution in [0, 0.1) is 5.82 Å². The molecule has 0 fully saturated rings. The Morgan fingerprint density at radius 1 is 1.00 bits per heavy atom. The Balaban J connectivity index is 2.22. The lowest BCUT2D eigenvalue weighted by molar-refractivity contribution is -0.125. The van der Waals surface area contributed by atoms with E-state index < -0.39 is 5.82 Å².